The van der Waals surface area contributed by atoms with Crippen molar-refractivity contribution >= 4 is 8.32 Å². The van der Waals surface area contributed by atoms with Gasteiger partial charge in [0.2, 0.25) is 0 Å². The predicted octanol–water partition coefficient (Wildman–Crippen LogP) is 5.06. The van der Waals surface area contributed by atoms with Crippen molar-refractivity contribution in [1.82, 2.24) is 0 Å². The van der Waals surface area contributed by atoms with Crippen LogP contribution in [0.2, 0.25) is 18.1 Å². The first kappa shape index (κ1) is 19.6. The van der Waals surface area contributed by atoms with E-state index in [0.717, 1.165) is 24.8 Å². The molecule has 118 valence electrons. The van der Waals surface area contributed by atoms with E-state index in [0.29, 0.717) is 0 Å². The van der Waals surface area contributed by atoms with Crippen LogP contribution in [0.3, 0.4) is 0 Å². The van der Waals surface area contributed by atoms with E-state index in [2.05, 4.69) is 59.0 Å². The van der Waals surface area contributed by atoms with Crippen molar-refractivity contribution in [2.75, 3.05) is 6.61 Å². The van der Waals surface area contributed by atoms with Crippen LogP contribution in [0, 0.1) is 0 Å². The lowest BCUT2D eigenvalue weighted by Crippen LogP contribution is -2.43. The summed E-state index contributed by atoms with van der Waals surface area (Å²) in [7, 11) is -1.71. The van der Waals surface area contributed by atoms with Crippen LogP contribution in [0.15, 0.2) is 23.8 Å². The molecule has 20 heavy (non-hydrogen) atoms. The number of hydrogen-bond acceptors (Lipinski definition) is 2. The molecule has 0 aromatic carbocycles. The molecule has 0 aromatic rings. The fourth-order valence-electron chi connectivity index (χ4n) is 1.69. The zero-order valence-corrected chi connectivity index (χ0v) is 15.5. The molecule has 0 aliphatic rings. The predicted molar refractivity (Wildman–Crippen MR) is 91.6 cm³/mol. The summed E-state index contributed by atoms with van der Waals surface area (Å²) in [6, 6.07) is 0. The molecule has 0 aromatic heterocycles. The molecule has 1 atom stereocenters. The SMILES string of the molecule is C/C=C/C[C@H](CC/C=C(\C)CO)O[Si](C)(C)C(C)(C)C. The molecule has 0 saturated heterocycles. The summed E-state index contributed by atoms with van der Waals surface area (Å²) in [6.45, 7) is 15.6. The minimum Gasteiger partial charge on any atom is -0.414 e. The molecule has 1 N–H and O–H groups in total. The largest absolute Gasteiger partial charge is 0.414 e. The Balaban J connectivity index is 4.65. The van der Waals surface area contributed by atoms with Gasteiger partial charge in [-0.05, 0) is 51.2 Å². The smallest absolute Gasteiger partial charge is 0.192 e. The van der Waals surface area contributed by atoms with Crippen molar-refractivity contribution in [1.29, 1.82) is 0 Å². The molecule has 3 heteroatoms. The lowest BCUT2D eigenvalue weighted by atomic mass is 10.1. The average molecular weight is 299 g/mol. The maximum atomic E-state index is 9.03. The van der Waals surface area contributed by atoms with E-state index < -0.39 is 8.32 Å². The van der Waals surface area contributed by atoms with Crippen LogP contribution in [0.25, 0.3) is 0 Å². The van der Waals surface area contributed by atoms with Gasteiger partial charge in [0, 0.05) is 6.10 Å². The van der Waals surface area contributed by atoms with E-state index in [-0.39, 0.29) is 17.7 Å². The monoisotopic (exact) mass is 298 g/mol. The first-order chi connectivity index (χ1) is 9.14. The van der Waals surface area contributed by atoms with Gasteiger partial charge in [-0.2, -0.15) is 0 Å². The molecule has 2 nitrogen and oxygen atoms in total. The van der Waals surface area contributed by atoms with Crippen molar-refractivity contribution in [3.63, 3.8) is 0 Å². The minimum absolute atomic E-state index is 0.155. The van der Waals surface area contributed by atoms with Gasteiger partial charge in [-0.15, -0.1) is 0 Å². The van der Waals surface area contributed by atoms with Gasteiger partial charge in [-0.3, -0.25) is 0 Å². The maximum absolute atomic E-state index is 9.03. The summed E-state index contributed by atoms with van der Waals surface area (Å²) in [6.07, 6.45) is 9.68. The van der Waals surface area contributed by atoms with Crippen LogP contribution in [0.1, 0.15) is 53.9 Å². The molecule has 0 fully saturated rings. The lowest BCUT2D eigenvalue weighted by molar-refractivity contribution is 0.174. The molecule has 0 heterocycles. The summed E-state index contributed by atoms with van der Waals surface area (Å²) in [4.78, 5) is 0. The molecule has 0 aliphatic heterocycles. The topological polar surface area (TPSA) is 29.5 Å². The van der Waals surface area contributed by atoms with Crippen molar-refractivity contribution in [3.8, 4) is 0 Å². The van der Waals surface area contributed by atoms with Crippen LogP contribution in [-0.4, -0.2) is 26.1 Å². The highest BCUT2D eigenvalue weighted by atomic mass is 28.4. The van der Waals surface area contributed by atoms with Gasteiger partial charge in [0.1, 0.15) is 0 Å². The van der Waals surface area contributed by atoms with E-state index in [9.17, 15) is 0 Å². The first-order valence-corrected chi connectivity index (χ1v) is 10.6. The molecule has 0 amide bonds. The Bertz CT molecular complexity index is 324. The highest BCUT2D eigenvalue weighted by Gasteiger charge is 2.38. The molecule has 0 unspecified atom stereocenters. The molecule has 0 saturated carbocycles. The molecule has 0 spiro atoms. The molecular weight excluding hydrogens is 264 g/mol. The van der Waals surface area contributed by atoms with Crippen molar-refractivity contribution in [2.45, 2.75) is 78.1 Å². The van der Waals surface area contributed by atoms with Crippen LogP contribution < -0.4 is 0 Å². The Hall–Kier alpha value is -0.383. The van der Waals surface area contributed by atoms with Gasteiger partial charge in [-0.1, -0.05) is 44.6 Å². The van der Waals surface area contributed by atoms with E-state index in [4.69, 9.17) is 9.53 Å². The number of rotatable bonds is 8. The Labute approximate surface area is 127 Å². The van der Waals surface area contributed by atoms with Gasteiger partial charge in [0.25, 0.3) is 0 Å². The van der Waals surface area contributed by atoms with Crippen LogP contribution in [0.4, 0.5) is 0 Å². The Morgan fingerprint density at radius 3 is 2.35 bits per heavy atom. The van der Waals surface area contributed by atoms with Crippen molar-refractivity contribution < 1.29 is 9.53 Å². The number of aliphatic hydroxyl groups excluding tert-OH is 1. The van der Waals surface area contributed by atoms with Gasteiger partial charge in [0.15, 0.2) is 8.32 Å². The molecular formula is C17H34O2Si. The zero-order chi connectivity index (χ0) is 15.8. The summed E-state index contributed by atoms with van der Waals surface area (Å²) in [5, 5.41) is 9.28. The van der Waals surface area contributed by atoms with Crippen LogP contribution >= 0.6 is 0 Å². The van der Waals surface area contributed by atoms with Gasteiger partial charge in [-0.25, -0.2) is 0 Å². The van der Waals surface area contributed by atoms with E-state index in [1.165, 1.54) is 0 Å². The average Bonchev–Trinajstić information content (AvgIpc) is 2.33. The normalized spacial score (nSPS) is 15.9. The van der Waals surface area contributed by atoms with E-state index in [1.807, 2.05) is 6.92 Å². The quantitative estimate of drug-likeness (QED) is 0.501. The second-order valence-corrected chi connectivity index (χ2v) is 11.8. The van der Waals surface area contributed by atoms with Gasteiger partial charge in [0.05, 0.1) is 6.61 Å². The third-order valence-corrected chi connectivity index (χ3v) is 8.67. The fraction of sp³-hybridized carbons (Fsp3) is 0.765. The van der Waals surface area contributed by atoms with E-state index >= 15 is 0 Å². The maximum Gasteiger partial charge on any atom is 0.192 e. The summed E-state index contributed by atoms with van der Waals surface area (Å²) in [5.41, 5.74) is 1.04. The minimum atomic E-state index is -1.71. The van der Waals surface area contributed by atoms with Crippen LogP contribution in [-0.2, 0) is 4.43 Å². The van der Waals surface area contributed by atoms with Gasteiger partial charge < -0.3 is 9.53 Å². The second kappa shape index (κ2) is 8.80. The summed E-state index contributed by atoms with van der Waals surface area (Å²) in [5.74, 6) is 0. The third-order valence-electron chi connectivity index (χ3n) is 4.13. The lowest BCUT2D eigenvalue weighted by Gasteiger charge is -2.39. The highest BCUT2D eigenvalue weighted by Crippen LogP contribution is 2.38. The Morgan fingerprint density at radius 1 is 1.30 bits per heavy atom. The second-order valence-electron chi connectivity index (χ2n) is 7.09. The van der Waals surface area contributed by atoms with Crippen molar-refractivity contribution in [3.05, 3.63) is 23.8 Å². The number of hydrogen-bond donors (Lipinski definition) is 1. The Kier molecular flexibility index (Phi) is 8.64. The number of aliphatic hydroxyl groups is 1. The fourth-order valence-corrected chi connectivity index (χ4v) is 3.09. The zero-order valence-electron chi connectivity index (χ0n) is 14.5. The molecule has 0 rings (SSSR count). The summed E-state index contributed by atoms with van der Waals surface area (Å²) >= 11 is 0. The number of allylic oxidation sites excluding steroid dienone is 2. The molecule has 0 bridgehead atoms. The van der Waals surface area contributed by atoms with Gasteiger partial charge >= 0.3 is 0 Å². The van der Waals surface area contributed by atoms with Crippen molar-refractivity contribution in [2.24, 2.45) is 0 Å². The van der Waals surface area contributed by atoms with E-state index in [1.54, 1.807) is 0 Å². The molecule has 0 aliphatic carbocycles. The third kappa shape index (κ3) is 7.41. The summed E-state index contributed by atoms with van der Waals surface area (Å²) < 4.78 is 6.52. The highest BCUT2D eigenvalue weighted by molar-refractivity contribution is 6.74. The Morgan fingerprint density at radius 2 is 1.90 bits per heavy atom. The standard InChI is InChI=1S/C17H34O2Si/c1-8-9-12-16(13-10-11-15(2)14-18)19-20(6,7)17(3,4)5/h8-9,11,16,18H,10,12-14H2,1-7H3/b9-8+,15-11+/t16-/m1/s1. The first-order valence-electron chi connectivity index (χ1n) is 7.69. The van der Waals surface area contributed by atoms with Crippen LogP contribution in [0.5, 0.6) is 0 Å². The molecule has 0 radical (unpaired) electrons.